The van der Waals surface area contributed by atoms with Crippen molar-refractivity contribution in [2.24, 2.45) is 5.92 Å². The molecule has 10 heteroatoms. The minimum absolute atomic E-state index is 0.107. The highest BCUT2D eigenvalue weighted by Crippen LogP contribution is 2.16. The van der Waals surface area contributed by atoms with Crippen molar-refractivity contribution < 1.29 is 13.3 Å². The van der Waals surface area contributed by atoms with Crippen molar-refractivity contribution in [2.75, 3.05) is 26.2 Å². The molecule has 128 valence electrons. The number of nitrogens with one attached hydrogen (secondary N) is 4. The van der Waals surface area contributed by atoms with Crippen LogP contribution in [0.25, 0.3) is 0 Å². The van der Waals surface area contributed by atoms with Gasteiger partial charge in [0.1, 0.15) is 0 Å². The van der Waals surface area contributed by atoms with Crippen LogP contribution in [0, 0.1) is 16.0 Å². The Balaban J connectivity index is 1.80. The van der Waals surface area contributed by atoms with E-state index in [9.17, 15) is 18.5 Å². The first-order valence-corrected chi connectivity index (χ1v) is 8.81. The molecule has 1 aliphatic rings. The molecule has 0 saturated carbocycles. The quantitative estimate of drug-likeness (QED) is 0.287. The second-order valence-electron chi connectivity index (χ2n) is 5.43. The van der Waals surface area contributed by atoms with Gasteiger partial charge in [-0.3, -0.25) is 21.0 Å². The predicted molar refractivity (Wildman–Crippen MR) is 85.2 cm³/mol. The lowest BCUT2D eigenvalue weighted by Gasteiger charge is -2.14. The Bertz CT molecular complexity index is 652. The largest absolute Gasteiger partial charge is 0.315 e. The van der Waals surface area contributed by atoms with Gasteiger partial charge >= 0.3 is 0 Å². The lowest BCUT2D eigenvalue weighted by Crippen LogP contribution is -2.36. The van der Waals surface area contributed by atoms with Crippen LogP contribution in [-0.4, -0.2) is 45.6 Å². The number of rotatable bonds is 8. The summed E-state index contributed by atoms with van der Waals surface area (Å²) in [5.41, 5.74) is 5.93. The number of nitrogens with zero attached hydrogens (tertiary/aromatic N) is 1. The molecule has 2 rings (SSSR count). The topological polar surface area (TPSA) is 125 Å². The first-order chi connectivity index (χ1) is 10.9. The lowest BCUT2D eigenvalue weighted by molar-refractivity contribution is -0.385. The molecule has 9 nitrogen and oxygen atoms in total. The van der Waals surface area contributed by atoms with Crippen LogP contribution in [-0.2, 0) is 10.0 Å². The van der Waals surface area contributed by atoms with Crippen molar-refractivity contribution in [1.29, 1.82) is 0 Å². The standard InChI is InChI=1S/C13H21N5O4S/c1-10-11(9-15-17-10)8-14-5-6-16-23(21,22)13-4-2-3-12(7-13)18(19)20/h2-4,7,10-11,14-17H,5-6,8-9H2,1H3. The second kappa shape index (κ2) is 7.79. The van der Waals surface area contributed by atoms with E-state index in [0.29, 0.717) is 18.5 Å². The Labute approximate surface area is 135 Å². The molecule has 1 aliphatic heterocycles. The summed E-state index contributed by atoms with van der Waals surface area (Å²) >= 11 is 0. The fourth-order valence-electron chi connectivity index (χ4n) is 2.30. The average Bonchev–Trinajstić information content (AvgIpc) is 2.92. The monoisotopic (exact) mass is 343 g/mol. The van der Waals surface area contributed by atoms with Crippen molar-refractivity contribution in [1.82, 2.24) is 20.9 Å². The van der Waals surface area contributed by atoms with Crippen molar-refractivity contribution >= 4 is 15.7 Å². The van der Waals surface area contributed by atoms with Gasteiger partial charge in [-0.15, -0.1) is 0 Å². The molecule has 2 unspecified atom stereocenters. The molecule has 1 heterocycles. The number of sulfonamides is 1. The number of benzene rings is 1. The molecule has 0 radical (unpaired) electrons. The van der Waals surface area contributed by atoms with Crippen LogP contribution in [0.4, 0.5) is 5.69 Å². The maximum atomic E-state index is 12.1. The van der Waals surface area contributed by atoms with E-state index in [4.69, 9.17) is 0 Å². The summed E-state index contributed by atoms with van der Waals surface area (Å²) in [5, 5.41) is 13.9. The van der Waals surface area contributed by atoms with Gasteiger partial charge < -0.3 is 5.32 Å². The lowest BCUT2D eigenvalue weighted by atomic mass is 10.0. The van der Waals surface area contributed by atoms with Crippen LogP contribution in [0.3, 0.4) is 0 Å². The van der Waals surface area contributed by atoms with Gasteiger partial charge in [-0.05, 0) is 13.0 Å². The average molecular weight is 343 g/mol. The molecular formula is C13H21N5O4S. The Morgan fingerprint density at radius 1 is 1.39 bits per heavy atom. The first-order valence-electron chi connectivity index (χ1n) is 7.33. The van der Waals surface area contributed by atoms with Crippen LogP contribution < -0.4 is 20.9 Å². The van der Waals surface area contributed by atoms with Gasteiger partial charge in [-0.1, -0.05) is 6.07 Å². The zero-order valence-corrected chi connectivity index (χ0v) is 13.6. The van der Waals surface area contributed by atoms with E-state index in [2.05, 4.69) is 27.8 Å². The van der Waals surface area contributed by atoms with Crippen LogP contribution in [0.2, 0.25) is 0 Å². The molecule has 0 amide bonds. The Morgan fingerprint density at radius 3 is 2.83 bits per heavy atom. The molecule has 1 aromatic rings. The minimum Gasteiger partial charge on any atom is -0.315 e. The number of hydrogen-bond donors (Lipinski definition) is 4. The smallest absolute Gasteiger partial charge is 0.270 e. The van der Waals surface area contributed by atoms with Gasteiger partial charge in [-0.25, -0.2) is 13.1 Å². The Morgan fingerprint density at radius 2 is 2.17 bits per heavy atom. The highest BCUT2D eigenvalue weighted by Gasteiger charge is 2.22. The molecule has 1 saturated heterocycles. The van der Waals surface area contributed by atoms with Crippen molar-refractivity contribution in [3.63, 3.8) is 0 Å². The summed E-state index contributed by atoms with van der Waals surface area (Å²) in [7, 11) is -3.75. The third kappa shape index (κ3) is 4.94. The normalized spacial score (nSPS) is 21.4. The molecule has 0 bridgehead atoms. The number of hydrogen-bond acceptors (Lipinski definition) is 7. The van der Waals surface area contributed by atoms with E-state index in [1.165, 1.54) is 18.2 Å². The maximum Gasteiger partial charge on any atom is 0.270 e. The molecule has 0 spiro atoms. The van der Waals surface area contributed by atoms with Gasteiger partial charge in [-0.2, -0.15) is 0 Å². The summed E-state index contributed by atoms with van der Waals surface area (Å²) in [6, 6.07) is 5.36. The highest BCUT2D eigenvalue weighted by molar-refractivity contribution is 7.89. The third-order valence-electron chi connectivity index (χ3n) is 3.74. The molecule has 1 aromatic carbocycles. The molecule has 4 N–H and O–H groups in total. The van der Waals surface area contributed by atoms with Crippen molar-refractivity contribution in [3.05, 3.63) is 34.4 Å². The van der Waals surface area contributed by atoms with Crippen molar-refractivity contribution in [3.8, 4) is 0 Å². The molecule has 0 aliphatic carbocycles. The van der Waals surface area contributed by atoms with Gasteiger partial charge in [0.2, 0.25) is 10.0 Å². The van der Waals surface area contributed by atoms with Gasteiger partial charge in [0.15, 0.2) is 0 Å². The number of nitro groups is 1. The Kier molecular flexibility index (Phi) is 6.02. The summed E-state index contributed by atoms with van der Waals surface area (Å²) in [6.45, 7) is 4.43. The molecule has 2 atom stereocenters. The molecule has 23 heavy (non-hydrogen) atoms. The van der Waals surface area contributed by atoms with Crippen LogP contribution in [0.15, 0.2) is 29.2 Å². The predicted octanol–water partition coefficient (Wildman–Crippen LogP) is -0.425. The maximum absolute atomic E-state index is 12.1. The van der Waals surface area contributed by atoms with Gasteiger partial charge in [0.05, 0.1) is 9.82 Å². The summed E-state index contributed by atoms with van der Waals surface area (Å²) in [5.74, 6) is 0.448. The number of hydrazine groups is 1. The van der Waals surface area contributed by atoms with E-state index in [-0.39, 0.29) is 17.1 Å². The summed E-state index contributed by atoms with van der Waals surface area (Å²) < 4.78 is 26.6. The first kappa shape index (κ1) is 17.8. The minimum atomic E-state index is -3.75. The summed E-state index contributed by atoms with van der Waals surface area (Å²) in [4.78, 5) is 9.98. The third-order valence-corrected chi connectivity index (χ3v) is 5.20. The van der Waals surface area contributed by atoms with Crippen LogP contribution in [0.5, 0.6) is 0 Å². The number of nitro benzene ring substituents is 1. The summed E-state index contributed by atoms with van der Waals surface area (Å²) in [6.07, 6.45) is 0. The highest BCUT2D eigenvalue weighted by atomic mass is 32.2. The zero-order valence-electron chi connectivity index (χ0n) is 12.8. The molecule has 0 aromatic heterocycles. The number of non-ortho nitro benzene ring substituents is 1. The fraction of sp³-hybridized carbons (Fsp3) is 0.538. The van der Waals surface area contributed by atoms with Crippen molar-refractivity contribution in [2.45, 2.75) is 17.9 Å². The SMILES string of the molecule is CC1NNCC1CNCCNS(=O)(=O)c1cccc([N+](=O)[O-])c1. The van der Waals surface area contributed by atoms with E-state index < -0.39 is 14.9 Å². The van der Waals surface area contributed by atoms with Crippen LogP contribution >= 0.6 is 0 Å². The molecular weight excluding hydrogens is 322 g/mol. The van der Waals surface area contributed by atoms with Gasteiger partial charge in [0.25, 0.3) is 5.69 Å². The van der Waals surface area contributed by atoms with Gasteiger partial charge in [0, 0.05) is 50.3 Å². The van der Waals surface area contributed by atoms with E-state index in [0.717, 1.165) is 19.2 Å². The van der Waals surface area contributed by atoms with E-state index >= 15 is 0 Å². The van der Waals surface area contributed by atoms with E-state index in [1.807, 2.05) is 0 Å². The van der Waals surface area contributed by atoms with Crippen LogP contribution in [0.1, 0.15) is 6.92 Å². The van der Waals surface area contributed by atoms with E-state index in [1.54, 1.807) is 0 Å². The zero-order chi connectivity index (χ0) is 16.9. The Hall–Kier alpha value is -1.59. The fourth-order valence-corrected chi connectivity index (χ4v) is 3.37. The molecule has 1 fully saturated rings. The second-order valence-corrected chi connectivity index (χ2v) is 7.20.